The Morgan fingerprint density at radius 3 is 2.08 bits per heavy atom. The fraction of sp³-hybridized carbons (Fsp3) is 0.611. The Kier molecular flexibility index (Phi) is 7.42. The van der Waals surface area contributed by atoms with E-state index >= 15 is 0 Å². The molecular formula is C18H30N2O3S. The van der Waals surface area contributed by atoms with Gasteiger partial charge in [-0.25, -0.2) is 8.42 Å². The van der Waals surface area contributed by atoms with Crippen LogP contribution in [0.3, 0.4) is 0 Å². The molecule has 0 saturated carbocycles. The number of benzene rings is 1. The minimum atomic E-state index is -3.36. The predicted molar refractivity (Wildman–Crippen MR) is 98.2 cm³/mol. The Morgan fingerprint density at radius 1 is 1.12 bits per heavy atom. The number of carbonyl (C=O) groups excluding carboxylic acids is 1. The monoisotopic (exact) mass is 354 g/mol. The number of nitrogens with one attached hydrogen (secondary N) is 1. The van der Waals surface area contributed by atoms with Crippen molar-refractivity contribution >= 4 is 15.9 Å². The van der Waals surface area contributed by atoms with Gasteiger partial charge in [-0.2, -0.15) is 4.31 Å². The second-order valence-electron chi connectivity index (χ2n) is 7.15. The zero-order valence-electron chi connectivity index (χ0n) is 15.5. The second kappa shape index (κ2) is 8.62. The third kappa shape index (κ3) is 6.61. The lowest BCUT2D eigenvalue weighted by Gasteiger charge is -2.24. The van der Waals surface area contributed by atoms with Crippen molar-refractivity contribution in [2.45, 2.75) is 40.2 Å². The van der Waals surface area contributed by atoms with Crippen LogP contribution in [-0.2, 0) is 21.2 Å². The maximum atomic E-state index is 12.2. The van der Waals surface area contributed by atoms with Crippen molar-refractivity contribution in [1.82, 2.24) is 9.62 Å². The van der Waals surface area contributed by atoms with Crippen LogP contribution in [0.15, 0.2) is 24.3 Å². The van der Waals surface area contributed by atoms with Crippen LogP contribution in [0.4, 0.5) is 0 Å². The lowest BCUT2D eigenvalue weighted by atomic mass is 9.93. The number of rotatable bonds is 8. The molecule has 6 heteroatoms. The van der Waals surface area contributed by atoms with Crippen LogP contribution in [0.2, 0.25) is 0 Å². The summed E-state index contributed by atoms with van der Waals surface area (Å²) >= 11 is 0. The Labute approximate surface area is 146 Å². The number of hydrogen-bond donors (Lipinski definition) is 1. The van der Waals surface area contributed by atoms with Crippen molar-refractivity contribution < 1.29 is 13.2 Å². The number of likely N-dealkylation sites (N-methyl/N-ethyl adjacent to an activating group) is 1. The third-order valence-electron chi connectivity index (χ3n) is 3.90. The maximum Gasteiger partial charge on any atom is 0.235 e. The van der Waals surface area contributed by atoms with Crippen LogP contribution in [0, 0.1) is 11.8 Å². The molecule has 0 heterocycles. The van der Waals surface area contributed by atoms with Crippen molar-refractivity contribution in [3.8, 4) is 0 Å². The van der Waals surface area contributed by atoms with Crippen molar-refractivity contribution in [2.24, 2.45) is 11.8 Å². The molecule has 0 spiro atoms. The van der Waals surface area contributed by atoms with E-state index in [0.29, 0.717) is 5.92 Å². The van der Waals surface area contributed by atoms with Gasteiger partial charge in [0, 0.05) is 7.05 Å². The summed E-state index contributed by atoms with van der Waals surface area (Å²) in [6, 6.07) is 8.14. The smallest absolute Gasteiger partial charge is 0.235 e. The first kappa shape index (κ1) is 20.6. The first-order valence-corrected chi connectivity index (χ1v) is 10.1. The number of amides is 1. The molecular weight excluding hydrogens is 324 g/mol. The molecule has 0 aliphatic rings. The van der Waals surface area contributed by atoms with E-state index in [0.717, 1.165) is 22.5 Å². The van der Waals surface area contributed by atoms with Crippen molar-refractivity contribution in [1.29, 1.82) is 0 Å². The molecule has 136 valence electrons. The van der Waals surface area contributed by atoms with Crippen molar-refractivity contribution in [3.05, 3.63) is 35.4 Å². The summed E-state index contributed by atoms with van der Waals surface area (Å²) in [5.41, 5.74) is 2.31. The first-order chi connectivity index (χ1) is 11.0. The molecule has 0 aliphatic heterocycles. The molecule has 0 fully saturated rings. The van der Waals surface area contributed by atoms with Crippen LogP contribution in [0.25, 0.3) is 0 Å². The van der Waals surface area contributed by atoms with Gasteiger partial charge in [0.25, 0.3) is 0 Å². The van der Waals surface area contributed by atoms with Gasteiger partial charge in [0.2, 0.25) is 15.9 Å². The molecule has 0 bridgehead atoms. The van der Waals surface area contributed by atoms with Gasteiger partial charge in [-0.1, -0.05) is 52.0 Å². The molecule has 0 aromatic heterocycles. The predicted octanol–water partition coefficient (Wildman–Crippen LogP) is 2.59. The fourth-order valence-electron chi connectivity index (χ4n) is 2.51. The molecule has 1 aromatic carbocycles. The zero-order chi connectivity index (χ0) is 18.5. The summed E-state index contributed by atoms with van der Waals surface area (Å²) in [5, 5.41) is 2.95. The molecule has 1 aromatic rings. The Balaban J connectivity index is 2.82. The lowest BCUT2D eigenvalue weighted by Crippen LogP contribution is -2.40. The summed E-state index contributed by atoms with van der Waals surface area (Å²) < 4.78 is 23.9. The number of nitrogens with zero attached hydrogens (tertiary/aromatic N) is 1. The van der Waals surface area contributed by atoms with Gasteiger partial charge in [0.15, 0.2) is 0 Å². The van der Waals surface area contributed by atoms with Gasteiger partial charge in [0.05, 0.1) is 18.8 Å². The van der Waals surface area contributed by atoms with E-state index in [9.17, 15) is 13.2 Å². The molecule has 1 N–H and O–H groups in total. The molecule has 1 atom stereocenters. The van der Waals surface area contributed by atoms with Crippen LogP contribution in [0.5, 0.6) is 0 Å². The van der Waals surface area contributed by atoms with Gasteiger partial charge >= 0.3 is 0 Å². The SMILES string of the molecule is CC(C)Cc1ccc([C@H](NC(=O)CN(C)S(C)(=O)=O)C(C)C)cc1. The van der Waals surface area contributed by atoms with Crippen LogP contribution < -0.4 is 5.32 Å². The van der Waals surface area contributed by atoms with E-state index in [1.165, 1.54) is 12.6 Å². The summed E-state index contributed by atoms with van der Waals surface area (Å²) in [6.07, 6.45) is 2.12. The van der Waals surface area contributed by atoms with E-state index in [1.807, 2.05) is 26.0 Å². The third-order valence-corrected chi connectivity index (χ3v) is 5.16. The zero-order valence-corrected chi connectivity index (χ0v) is 16.4. The van der Waals surface area contributed by atoms with Gasteiger partial charge < -0.3 is 5.32 Å². The maximum absolute atomic E-state index is 12.2. The highest BCUT2D eigenvalue weighted by molar-refractivity contribution is 7.88. The van der Waals surface area contributed by atoms with Gasteiger partial charge in [-0.05, 0) is 29.4 Å². The van der Waals surface area contributed by atoms with E-state index in [1.54, 1.807) is 0 Å². The van der Waals surface area contributed by atoms with Crippen molar-refractivity contribution in [2.75, 3.05) is 19.8 Å². The Hall–Kier alpha value is -1.40. The van der Waals surface area contributed by atoms with E-state index in [2.05, 4.69) is 31.3 Å². The Morgan fingerprint density at radius 2 is 1.67 bits per heavy atom. The second-order valence-corrected chi connectivity index (χ2v) is 9.24. The lowest BCUT2D eigenvalue weighted by molar-refractivity contribution is -0.122. The standard InChI is InChI=1S/C18H30N2O3S/c1-13(2)11-15-7-9-16(10-8-15)18(14(3)4)19-17(21)12-20(5)24(6,22)23/h7-10,13-14,18H,11-12H2,1-6H3,(H,19,21)/t18-/m1/s1. The van der Waals surface area contributed by atoms with E-state index < -0.39 is 10.0 Å². The molecule has 1 amide bonds. The fourth-order valence-corrected chi connectivity index (χ4v) is 2.86. The molecule has 24 heavy (non-hydrogen) atoms. The van der Waals surface area contributed by atoms with Crippen LogP contribution >= 0.6 is 0 Å². The quantitative estimate of drug-likeness (QED) is 0.780. The minimum Gasteiger partial charge on any atom is -0.348 e. The highest BCUT2D eigenvalue weighted by Crippen LogP contribution is 2.22. The summed E-state index contributed by atoms with van der Waals surface area (Å²) in [4.78, 5) is 12.2. The average Bonchev–Trinajstić information content (AvgIpc) is 2.44. The van der Waals surface area contributed by atoms with Crippen LogP contribution in [-0.4, -0.2) is 38.5 Å². The van der Waals surface area contributed by atoms with Gasteiger partial charge in [-0.3, -0.25) is 4.79 Å². The molecule has 0 aliphatic carbocycles. The molecule has 0 radical (unpaired) electrons. The summed E-state index contributed by atoms with van der Waals surface area (Å²) in [5.74, 6) is 0.504. The van der Waals surface area contributed by atoms with Gasteiger partial charge in [0.1, 0.15) is 0 Å². The van der Waals surface area contributed by atoms with Crippen LogP contribution in [0.1, 0.15) is 44.9 Å². The highest BCUT2D eigenvalue weighted by Gasteiger charge is 2.21. The van der Waals surface area contributed by atoms with Gasteiger partial charge in [-0.15, -0.1) is 0 Å². The number of carbonyl (C=O) groups is 1. The molecule has 5 nitrogen and oxygen atoms in total. The summed E-state index contributed by atoms with van der Waals surface area (Å²) in [6.45, 7) is 8.26. The average molecular weight is 355 g/mol. The van der Waals surface area contributed by atoms with Crippen molar-refractivity contribution in [3.63, 3.8) is 0 Å². The first-order valence-electron chi connectivity index (χ1n) is 8.30. The Bertz CT molecular complexity index is 637. The minimum absolute atomic E-state index is 0.140. The van der Waals surface area contributed by atoms with E-state index in [-0.39, 0.29) is 24.4 Å². The molecule has 0 unspecified atom stereocenters. The number of sulfonamides is 1. The largest absolute Gasteiger partial charge is 0.348 e. The topological polar surface area (TPSA) is 66.5 Å². The summed E-state index contributed by atoms with van der Waals surface area (Å²) in [7, 11) is -1.96. The normalized spacial score (nSPS) is 13.5. The molecule has 1 rings (SSSR count). The number of hydrogen-bond acceptors (Lipinski definition) is 3. The van der Waals surface area contributed by atoms with E-state index in [4.69, 9.17) is 0 Å². The highest BCUT2D eigenvalue weighted by atomic mass is 32.2. The molecule has 0 saturated heterocycles.